The fourth-order valence-corrected chi connectivity index (χ4v) is 2.70. The normalized spacial score (nSPS) is 24.7. The van der Waals surface area contributed by atoms with Crippen molar-refractivity contribution < 1.29 is 13.2 Å². The quantitative estimate of drug-likeness (QED) is 0.701. The number of amides is 1. The molecule has 1 amide bonds. The van der Waals surface area contributed by atoms with E-state index in [9.17, 15) is 13.2 Å². The molecule has 1 saturated carbocycles. The zero-order valence-electron chi connectivity index (χ0n) is 10.4. The van der Waals surface area contributed by atoms with E-state index in [0.717, 1.165) is 25.4 Å². The van der Waals surface area contributed by atoms with E-state index >= 15 is 0 Å². The molecular weight excluding hydrogens is 240 g/mol. The Balaban J connectivity index is 1.89. The molecule has 1 atom stereocenters. The average molecular weight is 260 g/mol. The number of carbonyl (C=O) groups is 1. The zero-order chi connectivity index (χ0) is 12.6. The molecule has 0 aromatic heterocycles. The predicted octanol–water partition coefficient (Wildman–Crippen LogP) is -0.274. The summed E-state index contributed by atoms with van der Waals surface area (Å²) in [6, 6.07) is 0.722. The molecule has 2 fully saturated rings. The SMILES string of the molecule is CC(C(=O)N1CCN(C2CC2)CC1)S(C)(=O)=O. The number of hydrogen-bond donors (Lipinski definition) is 0. The molecule has 0 aromatic rings. The Morgan fingerprint density at radius 1 is 1.18 bits per heavy atom. The highest BCUT2D eigenvalue weighted by atomic mass is 32.2. The van der Waals surface area contributed by atoms with Crippen molar-refractivity contribution in [2.24, 2.45) is 0 Å². The standard InChI is InChI=1S/C11H20N2O3S/c1-9(17(2,15)16)11(14)13-7-5-12(6-8-13)10-3-4-10/h9-10H,3-8H2,1-2H3. The molecule has 1 aliphatic heterocycles. The van der Waals surface area contributed by atoms with Crippen LogP contribution in [0.5, 0.6) is 0 Å². The Kier molecular flexibility index (Phi) is 3.45. The minimum absolute atomic E-state index is 0.247. The molecule has 1 unspecified atom stereocenters. The minimum atomic E-state index is -3.27. The van der Waals surface area contributed by atoms with Crippen LogP contribution in [0, 0.1) is 0 Å². The number of nitrogens with zero attached hydrogens (tertiary/aromatic N) is 2. The highest BCUT2D eigenvalue weighted by Crippen LogP contribution is 2.27. The van der Waals surface area contributed by atoms with Crippen LogP contribution in [0.4, 0.5) is 0 Å². The molecule has 0 aromatic carbocycles. The minimum Gasteiger partial charge on any atom is -0.339 e. The Morgan fingerprint density at radius 3 is 2.12 bits per heavy atom. The van der Waals surface area contributed by atoms with Gasteiger partial charge in [-0.25, -0.2) is 8.42 Å². The molecular formula is C11H20N2O3S. The van der Waals surface area contributed by atoms with Gasteiger partial charge in [-0.1, -0.05) is 0 Å². The Morgan fingerprint density at radius 2 is 1.71 bits per heavy atom. The lowest BCUT2D eigenvalue weighted by Crippen LogP contribution is -2.52. The van der Waals surface area contributed by atoms with Gasteiger partial charge in [-0.3, -0.25) is 9.69 Å². The third-order valence-electron chi connectivity index (χ3n) is 3.68. The van der Waals surface area contributed by atoms with Crippen molar-refractivity contribution in [2.45, 2.75) is 31.1 Å². The second kappa shape index (κ2) is 4.57. The first-order valence-electron chi connectivity index (χ1n) is 6.11. The van der Waals surface area contributed by atoms with Crippen molar-refractivity contribution in [2.75, 3.05) is 32.4 Å². The molecule has 2 rings (SSSR count). The van der Waals surface area contributed by atoms with Crippen molar-refractivity contribution in [1.82, 2.24) is 9.80 Å². The Labute approximate surface area is 103 Å². The Bertz CT molecular complexity index is 395. The van der Waals surface area contributed by atoms with Crippen molar-refractivity contribution >= 4 is 15.7 Å². The molecule has 6 heteroatoms. The van der Waals surface area contributed by atoms with Gasteiger partial charge in [-0.05, 0) is 19.8 Å². The van der Waals surface area contributed by atoms with Crippen LogP contribution in [-0.4, -0.2) is 67.9 Å². The van der Waals surface area contributed by atoms with Gasteiger partial charge in [0.25, 0.3) is 0 Å². The van der Waals surface area contributed by atoms with Crippen molar-refractivity contribution in [1.29, 1.82) is 0 Å². The summed E-state index contributed by atoms with van der Waals surface area (Å²) in [5, 5.41) is -0.907. The molecule has 0 spiro atoms. The lowest BCUT2D eigenvalue weighted by molar-refractivity contribution is -0.132. The van der Waals surface area contributed by atoms with Gasteiger partial charge < -0.3 is 4.90 Å². The van der Waals surface area contributed by atoms with Gasteiger partial charge in [0.05, 0.1) is 0 Å². The van der Waals surface area contributed by atoms with Gasteiger partial charge >= 0.3 is 0 Å². The summed E-state index contributed by atoms with van der Waals surface area (Å²) in [7, 11) is -3.27. The summed E-state index contributed by atoms with van der Waals surface area (Å²) in [4.78, 5) is 16.0. The van der Waals surface area contributed by atoms with E-state index in [0.29, 0.717) is 13.1 Å². The van der Waals surface area contributed by atoms with E-state index in [2.05, 4.69) is 4.90 Å². The lowest BCUT2D eigenvalue weighted by atomic mass is 10.3. The highest BCUT2D eigenvalue weighted by molar-refractivity contribution is 7.92. The average Bonchev–Trinajstić information content (AvgIpc) is 3.10. The molecule has 0 N–H and O–H groups in total. The maximum atomic E-state index is 12.0. The number of sulfone groups is 1. The summed E-state index contributed by atoms with van der Waals surface area (Å²) in [5.41, 5.74) is 0. The molecule has 5 nitrogen and oxygen atoms in total. The molecule has 0 bridgehead atoms. The molecule has 1 heterocycles. The summed E-state index contributed by atoms with van der Waals surface area (Å²) < 4.78 is 22.7. The van der Waals surface area contributed by atoms with Crippen LogP contribution < -0.4 is 0 Å². The van der Waals surface area contributed by atoms with Gasteiger partial charge in [0.1, 0.15) is 5.25 Å². The van der Waals surface area contributed by atoms with Gasteiger partial charge in [0, 0.05) is 38.5 Å². The maximum Gasteiger partial charge on any atom is 0.240 e. The number of piperazine rings is 1. The molecule has 1 aliphatic carbocycles. The van der Waals surface area contributed by atoms with E-state index in [-0.39, 0.29) is 5.91 Å². The molecule has 1 saturated heterocycles. The smallest absolute Gasteiger partial charge is 0.240 e. The second-order valence-electron chi connectivity index (χ2n) is 5.06. The van der Waals surface area contributed by atoms with Gasteiger partial charge in [-0.15, -0.1) is 0 Å². The molecule has 2 aliphatic rings. The summed E-state index contributed by atoms with van der Waals surface area (Å²) in [6.45, 7) is 4.56. The van der Waals surface area contributed by atoms with Crippen molar-refractivity contribution in [3.63, 3.8) is 0 Å². The van der Waals surface area contributed by atoms with Gasteiger partial charge in [-0.2, -0.15) is 0 Å². The van der Waals surface area contributed by atoms with Crippen LogP contribution in [0.3, 0.4) is 0 Å². The summed E-state index contributed by atoms with van der Waals surface area (Å²) >= 11 is 0. The topological polar surface area (TPSA) is 57.7 Å². The molecule has 17 heavy (non-hydrogen) atoms. The zero-order valence-corrected chi connectivity index (χ0v) is 11.2. The second-order valence-corrected chi connectivity index (χ2v) is 7.43. The maximum absolute atomic E-state index is 12.0. The monoisotopic (exact) mass is 260 g/mol. The van der Waals surface area contributed by atoms with E-state index in [1.165, 1.54) is 19.8 Å². The predicted molar refractivity (Wildman–Crippen MR) is 65.5 cm³/mol. The van der Waals surface area contributed by atoms with Crippen LogP contribution >= 0.6 is 0 Å². The summed E-state index contributed by atoms with van der Waals surface area (Å²) in [6.07, 6.45) is 3.66. The van der Waals surface area contributed by atoms with Crippen LogP contribution in [0.25, 0.3) is 0 Å². The third kappa shape index (κ3) is 2.98. The van der Waals surface area contributed by atoms with Crippen LogP contribution in [0.15, 0.2) is 0 Å². The summed E-state index contributed by atoms with van der Waals surface area (Å²) in [5.74, 6) is -0.247. The fourth-order valence-electron chi connectivity index (χ4n) is 2.19. The van der Waals surface area contributed by atoms with E-state index in [4.69, 9.17) is 0 Å². The Hall–Kier alpha value is -0.620. The highest BCUT2D eigenvalue weighted by Gasteiger charge is 2.34. The fraction of sp³-hybridized carbons (Fsp3) is 0.909. The van der Waals surface area contributed by atoms with E-state index in [1.807, 2.05) is 0 Å². The third-order valence-corrected chi connectivity index (χ3v) is 5.17. The van der Waals surface area contributed by atoms with Gasteiger partial charge in [0.15, 0.2) is 9.84 Å². The van der Waals surface area contributed by atoms with Crippen LogP contribution in [-0.2, 0) is 14.6 Å². The number of carbonyl (C=O) groups excluding carboxylic acids is 1. The van der Waals surface area contributed by atoms with Crippen molar-refractivity contribution in [3.8, 4) is 0 Å². The van der Waals surface area contributed by atoms with Crippen LogP contribution in [0.1, 0.15) is 19.8 Å². The largest absolute Gasteiger partial charge is 0.339 e. The first kappa shape index (κ1) is 12.8. The first-order chi connectivity index (χ1) is 7.89. The van der Waals surface area contributed by atoms with E-state index < -0.39 is 15.1 Å². The molecule has 0 radical (unpaired) electrons. The van der Waals surface area contributed by atoms with Gasteiger partial charge in [0.2, 0.25) is 5.91 Å². The first-order valence-corrected chi connectivity index (χ1v) is 8.07. The van der Waals surface area contributed by atoms with Crippen molar-refractivity contribution in [3.05, 3.63) is 0 Å². The molecule has 98 valence electrons. The number of hydrogen-bond acceptors (Lipinski definition) is 4. The van der Waals surface area contributed by atoms with Crippen LogP contribution in [0.2, 0.25) is 0 Å². The number of rotatable bonds is 3. The lowest BCUT2D eigenvalue weighted by Gasteiger charge is -2.35. The van der Waals surface area contributed by atoms with E-state index in [1.54, 1.807) is 4.90 Å².